The molecule has 4 nitrogen and oxygen atoms in total. The van der Waals surface area contributed by atoms with Gasteiger partial charge in [0.25, 0.3) is 0 Å². The summed E-state index contributed by atoms with van der Waals surface area (Å²) in [6, 6.07) is 0.691. The molecule has 0 heterocycles. The molecule has 3 aliphatic carbocycles. The second-order valence-corrected chi connectivity index (χ2v) is 6.99. The smallest absolute Gasteiger partial charge is 0.246 e. The van der Waals surface area contributed by atoms with Gasteiger partial charge in [0.05, 0.1) is 6.10 Å². The molecular formula is C16H28N2O2. The van der Waals surface area contributed by atoms with Crippen LogP contribution in [0.2, 0.25) is 0 Å². The first-order chi connectivity index (χ1) is 9.72. The Balaban J connectivity index is 1.47. The maximum atomic E-state index is 12.1. The van der Waals surface area contributed by atoms with E-state index in [1.807, 2.05) is 0 Å². The summed E-state index contributed by atoms with van der Waals surface area (Å²) in [5.74, 6) is 1.26. The van der Waals surface area contributed by atoms with Gasteiger partial charge in [-0.15, -0.1) is 0 Å². The van der Waals surface area contributed by atoms with E-state index in [1.54, 1.807) is 0 Å². The van der Waals surface area contributed by atoms with E-state index in [1.165, 1.54) is 32.1 Å². The summed E-state index contributed by atoms with van der Waals surface area (Å²) in [5.41, 5.74) is 6.12. The van der Waals surface area contributed by atoms with Gasteiger partial charge in [0.1, 0.15) is 6.61 Å². The quantitative estimate of drug-likeness (QED) is 0.827. The monoisotopic (exact) mass is 280 g/mol. The van der Waals surface area contributed by atoms with Crippen molar-refractivity contribution < 1.29 is 9.53 Å². The van der Waals surface area contributed by atoms with Crippen LogP contribution in [-0.4, -0.2) is 30.7 Å². The number of carbonyl (C=O) groups is 1. The summed E-state index contributed by atoms with van der Waals surface area (Å²) in [6.07, 6.45) is 10.9. The largest absolute Gasteiger partial charge is 0.368 e. The van der Waals surface area contributed by atoms with E-state index in [9.17, 15) is 4.79 Å². The number of nitrogens with one attached hydrogen (secondary N) is 1. The number of hydrogen-bond donors (Lipinski definition) is 2. The van der Waals surface area contributed by atoms with E-state index in [4.69, 9.17) is 10.5 Å². The average molecular weight is 280 g/mol. The SMILES string of the molecule is NC1CC2CCCC(C1)C2NC(=O)COC1CCCC1. The molecule has 2 bridgehead atoms. The van der Waals surface area contributed by atoms with E-state index in [0.717, 1.165) is 25.7 Å². The Morgan fingerprint density at radius 2 is 1.70 bits per heavy atom. The van der Waals surface area contributed by atoms with Crippen molar-refractivity contribution in [1.29, 1.82) is 0 Å². The number of amides is 1. The van der Waals surface area contributed by atoms with Crippen LogP contribution in [0, 0.1) is 11.8 Å². The standard InChI is InChI=1S/C16H28N2O2/c17-13-8-11-4-3-5-12(9-13)16(11)18-15(19)10-20-14-6-1-2-7-14/h11-14,16H,1-10,17H2,(H,18,19). The van der Waals surface area contributed by atoms with Gasteiger partial charge in [-0.2, -0.15) is 0 Å². The molecule has 0 aromatic carbocycles. The van der Waals surface area contributed by atoms with Crippen molar-refractivity contribution in [2.75, 3.05) is 6.61 Å². The van der Waals surface area contributed by atoms with Crippen molar-refractivity contribution in [3.05, 3.63) is 0 Å². The van der Waals surface area contributed by atoms with Crippen molar-refractivity contribution in [3.8, 4) is 0 Å². The highest BCUT2D eigenvalue weighted by atomic mass is 16.5. The number of carbonyl (C=O) groups excluding carboxylic acids is 1. The third-order valence-electron chi connectivity index (χ3n) is 5.46. The van der Waals surface area contributed by atoms with Crippen molar-refractivity contribution in [2.45, 2.75) is 76.0 Å². The number of hydrogen-bond acceptors (Lipinski definition) is 3. The Hall–Kier alpha value is -0.610. The lowest BCUT2D eigenvalue weighted by Gasteiger charge is -2.45. The number of fused-ring (bicyclic) bond motifs is 2. The second-order valence-electron chi connectivity index (χ2n) is 6.99. The van der Waals surface area contributed by atoms with Gasteiger partial charge in [0.2, 0.25) is 5.91 Å². The molecule has 0 spiro atoms. The zero-order chi connectivity index (χ0) is 13.9. The lowest BCUT2D eigenvalue weighted by molar-refractivity contribution is -0.130. The average Bonchev–Trinajstić information content (AvgIpc) is 2.91. The summed E-state index contributed by atoms with van der Waals surface area (Å²) in [7, 11) is 0. The Labute approximate surface area is 121 Å². The summed E-state index contributed by atoms with van der Waals surface area (Å²) < 4.78 is 5.71. The maximum Gasteiger partial charge on any atom is 0.246 e. The van der Waals surface area contributed by atoms with E-state index in [-0.39, 0.29) is 12.5 Å². The van der Waals surface area contributed by atoms with Crippen LogP contribution in [0.1, 0.15) is 57.8 Å². The van der Waals surface area contributed by atoms with Crippen LogP contribution in [0.15, 0.2) is 0 Å². The number of rotatable bonds is 4. The molecule has 3 aliphatic rings. The molecule has 0 aromatic heterocycles. The zero-order valence-electron chi connectivity index (χ0n) is 12.4. The maximum absolute atomic E-state index is 12.1. The number of nitrogens with two attached hydrogens (primary N) is 1. The van der Waals surface area contributed by atoms with E-state index in [0.29, 0.717) is 30.0 Å². The molecule has 2 unspecified atom stereocenters. The predicted molar refractivity (Wildman–Crippen MR) is 78.2 cm³/mol. The summed E-state index contributed by atoms with van der Waals surface area (Å²) in [4.78, 5) is 12.1. The van der Waals surface area contributed by atoms with Gasteiger partial charge in [-0.1, -0.05) is 19.3 Å². The molecule has 20 heavy (non-hydrogen) atoms. The summed E-state index contributed by atoms with van der Waals surface area (Å²) in [5, 5.41) is 3.25. The molecular weight excluding hydrogens is 252 g/mol. The molecule has 3 N–H and O–H groups in total. The van der Waals surface area contributed by atoms with Crippen molar-refractivity contribution in [2.24, 2.45) is 17.6 Å². The van der Waals surface area contributed by atoms with Crippen LogP contribution in [-0.2, 0) is 9.53 Å². The predicted octanol–water partition coefficient (Wildman–Crippen LogP) is 1.97. The summed E-state index contributed by atoms with van der Waals surface area (Å²) >= 11 is 0. The molecule has 3 saturated carbocycles. The molecule has 0 radical (unpaired) electrons. The molecule has 0 aromatic rings. The van der Waals surface area contributed by atoms with Gasteiger partial charge in [0.15, 0.2) is 0 Å². The highest BCUT2D eigenvalue weighted by Gasteiger charge is 2.39. The van der Waals surface area contributed by atoms with E-state index >= 15 is 0 Å². The van der Waals surface area contributed by atoms with E-state index < -0.39 is 0 Å². The van der Waals surface area contributed by atoms with Crippen LogP contribution >= 0.6 is 0 Å². The van der Waals surface area contributed by atoms with Crippen LogP contribution in [0.25, 0.3) is 0 Å². The van der Waals surface area contributed by atoms with Gasteiger partial charge in [-0.3, -0.25) is 4.79 Å². The van der Waals surface area contributed by atoms with Gasteiger partial charge >= 0.3 is 0 Å². The van der Waals surface area contributed by atoms with Gasteiger partial charge in [0, 0.05) is 12.1 Å². The van der Waals surface area contributed by atoms with Crippen LogP contribution in [0.5, 0.6) is 0 Å². The first-order valence-corrected chi connectivity index (χ1v) is 8.39. The Morgan fingerprint density at radius 1 is 1.05 bits per heavy atom. The first kappa shape index (κ1) is 14.3. The Morgan fingerprint density at radius 3 is 2.35 bits per heavy atom. The Kier molecular flexibility index (Phi) is 4.61. The molecule has 2 atom stereocenters. The molecule has 3 rings (SSSR count). The third-order valence-corrected chi connectivity index (χ3v) is 5.46. The minimum Gasteiger partial charge on any atom is -0.368 e. The normalized spacial score (nSPS) is 37.9. The summed E-state index contributed by atoms with van der Waals surface area (Å²) in [6.45, 7) is 0.243. The van der Waals surface area contributed by atoms with E-state index in [2.05, 4.69) is 5.32 Å². The van der Waals surface area contributed by atoms with Gasteiger partial charge in [-0.25, -0.2) is 0 Å². The van der Waals surface area contributed by atoms with Crippen molar-refractivity contribution in [1.82, 2.24) is 5.32 Å². The van der Waals surface area contributed by atoms with Crippen molar-refractivity contribution >= 4 is 5.91 Å². The van der Waals surface area contributed by atoms with Crippen LogP contribution in [0.3, 0.4) is 0 Å². The first-order valence-electron chi connectivity index (χ1n) is 8.39. The zero-order valence-corrected chi connectivity index (χ0v) is 12.4. The van der Waals surface area contributed by atoms with Gasteiger partial charge in [-0.05, 0) is 50.4 Å². The fraction of sp³-hybridized carbons (Fsp3) is 0.938. The molecule has 114 valence electrons. The highest BCUT2D eigenvalue weighted by Crippen LogP contribution is 2.39. The topological polar surface area (TPSA) is 64.3 Å². The highest BCUT2D eigenvalue weighted by molar-refractivity contribution is 5.77. The molecule has 0 aliphatic heterocycles. The Bertz CT molecular complexity index is 327. The lowest BCUT2D eigenvalue weighted by Crippen LogP contribution is -2.54. The fourth-order valence-corrected chi connectivity index (χ4v) is 4.50. The van der Waals surface area contributed by atoms with Gasteiger partial charge < -0.3 is 15.8 Å². The van der Waals surface area contributed by atoms with Crippen LogP contribution < -0.4 is 11.1 Å². The molecule has 3 fully saturated rings. The minimum absolute atomic E-state index is 0.0780. The van der Waals surface area contributed by atoms with Crippen LogP contribution in [0.4, 0.5) is 0 Å². The second kappa shape index (κ2) is 6.44. The molecule has 0 saturated heterocycles. The molecule has 1 amide bonds. The lowest BCUT2D eigenvalue weighted by atomic mass is 9.67. The minimum atomic E-state index is 0.0780. The molecule has 4 heteroatoms. The third kappa shape index (κ3) is 3.34. The van der Waals surface area contributed by atoms with Crippen molar-refractivity contribution in [3.63, 3.8) is 0 Å². The number of ether oxygens (including phenoxy) is 1. The fourth-order valence-electron chi connectivity index (χ4n) is 4.50.